The summed E-state index contributed by atoms with van der Waals surface area (Å²) in [4.78, 5) is 16.2. The van der Waals surface area contributed by atoms with Gasteiger partial charge in [0.1, 0.15) is 0 Å². The van der Waals surface area contributed by atoms with Crippen LogP contribution >= 0.6 is 0 Å². The van der Waals surface area contributed by atoms with Crippen LogP contribution < -0.4 is 11.1 Å². The van der Waals surface area contributed by atoms with Crippen molar-refractivity contribution in [1.29, 1.82) is 0 Å². The number of nitrogen functional groups attached to an aromatic ring is 1. The minimum atomic E-state index is -0.131. The third kappa shape index (κ3) is 5.28. The first-order valence-electron chi connectivity index (χ1n) is 7.07. The van der Waals surface area contributed by atoms with Gasteiger partial charge in [0.25, 0.3) is 5.91 Å². The number of anilines is 1. The number of hydrogen-bond donors (Lipinski definition) is 2. The molecule has 3 N–H and O–H groups in total. The van der Waals surface area contributed by atoms with E-state index >= 15 is 0 Å². The van der Waals surface area contributed by atoms with Crippen LogP contribution in [0.5, 0.6) is 0 Å². The number of amides is 1. The van der Waals surface area contributed by atoms with Crippen LogP contribution in [0.3, 0.4) is 0 Å². The molecule has 0 aliphatic carbocycles. The second-order valence-corrected chi connectivity index (χ2v) is 5.14. The van der Waals surface area contributed by atoms with E-state index in [1.54, 1.807) is 12.3 Å². The van der Waals surface area contributed by atoms with E-state index in [1.165, 1.54) is 19.3 Å². The number of nitrogens with one attached hydrogen (secondary N) is 1. The fraction of sp³-hybridized carbons (Fsp3) is 0.600. The average Bonchev–Trinajstić information content (AvgIpc) is 2.34. The standard InChI is InChI=1S/C15H25N3O/c1-4-5-6-7-8-11(2)18-15(19)13-10-17-12(3)9-14(13)16/h9-11H,4-8H2,1-3H3,(H2,16,17)(H,18,19). The maximum absolute atomic E-state index is 12.0. The monoisotopic (exact) mass is 263 g/mol. The SMILES string of the molecule is CCCCCCC(C)NC(=O)c1cnc(C)cc1N. The van der Waals surface area contributed by atoms with E-state index in [-0.39, 0.29) is 11.9 Å². The third-order valence-corrected chi connectivity index (χ3v) is 3.19. The lowest BCUT2D eigenvalue weighted by Crippen LogP contribution is -2.33. The largest absolute Gasteiger partial charge is 0.398 e. The summed E-state index contributed by atoms with van der Waals surface area (Å²) in [5.41, 5.74) is 7.61. The second-order valence-electron chi connectivity index (χ2n) is 5.14. The summed E-state index contributed by atoms with van der Waals surface area (Å²) in [6, 6.07) is 1.89. The number of carbonyl (C=O) groups excluding carboxylic acids is 1. The van der Waals surface area contributed by atoms with Crippen molar-refractivity contribution in [2.75, 3.05) is 5.73 Å². The molecule has 1 amide bonds. The molecule has 1 aromatic heterocycles. The molecule has 0 aliphatic heterocycles. The van der Waals surface area contributed by atoms with Gasteiger partial charge in [-0.05, 0) is 26.3 Å². The van der Waals surface area contributed by atoms with Crippen LogP contribution in [0, 0.1) is 6.92 Å². The first-order valence-corrected chi connectivity index (χ1v) is 7.07. The van der Waals surface area contributed by atoms with Gasteiger partial charge in [0.2, 0.25) is 0 Å². The van der Waals surface area contributed by atoms with Gasteiger partial charge in [0.05, 0.1) is 5.56 Å². The molecule has 0 fully saturated rings. The molecular formula is C15H25N3O. The van der Waals surface area contributed by atoms with Gasteiger partial charge in [0.15, 0.2) is 0 Å². The Kier molecular flexibility index (Phi) is 6.33. The minimum absolute atomic E-state index is 0.131. The highest BCUT2D eigenvalue weighted by atomic mass is 16.1. The lowest BCUT2D eigenvalue weighted by molar-refractivity contribution is 0.0938. The zero-order valence-corrected chi connectivity index (χ0v) is 12.2. The number of aryl methyl sites for hydroxylation is 1. The number of rotatable bonds is 7. The van der Waals surface area contributed by atoms with E-state index in [9.17, 15) is 4.79 Å². The molecule has 19 heavy (non-hydrogen) atoms. The fourth-order valence-corrected chi connectivity index (χ4v) is 2.02. The number of nitrogens with two attached hydrogens (primary N) is 1. The molecule has 4 heteroatoms. The molecular weight excluding hydrogens is 238 g/mol. The summed E-state index contributed by atoms with van der Waals surface area (Å²) >= 11 is 0. The molecule has 1 atom stereocenters. The van der Waals surface area contributed by atoms with Crippen LogP contribution in [0.25, 0.3) is 0 Å². The Hall–Kier alpha value is -1.58. The first kappa shape index (κ1) is 15.5. The van der Waals surface area contributed by atoms with Crippen LogP contribution in [-0.4, -0.2) is 16.9 Å². The predicted molar refractivity (Wildman–Crippen MR) is 79.1 cm³/mol. The van der Waals surface area contributed by atoms with E-state index in [0.29, 0.717) is 11.3 Å². The zero-order chi connectivity index (χ0) is 14.3. The molecule has 0 aromatic carbocycles. The molecule has 1 rings (SSSR count). The Morgan fingerprint density at radius 2 is 2.16 bits per heavy atom. The van der Waals surface area contributed by atoms with Gasteiger partial charge in [0, 0.05) is 23.6 Å². The fourth-order valence-electron chi connectivity index (χ4n) is 2.02. The van der Waals surface area contributed by atoms with Gasteiger partial charge in [-0.15, -0.1) is 0 Å². The van der Waals surface area contributed by atoms with Crippen molar-refractivity contribution in [2.24, 2.45) is 0 Å². The molecule has 0 bridgehead atoms. The summed E-state index contributed by atoms with van der Waals surface area (Å²) in [5, 5.41) is 2.97. The molecule has 1 aromatic rings. The molecule has 0 saturated heterocycles. The maximum Gasteiger partial charge on any atom is 0.255 e. The van der Waals surface area contributed by atoms with Gasteiger partial charge < -0.3 is 11.1 Å². The Morgan fingerprint density at radius 3 is 2.79 bits per heavy atom. The van der Waals surface area contributed by atoms with Crippen LogP contribution in [-0.2, 0) is 0 Å². The van der Waals surface area contributed by atoms with Crippen molar-refractivity contribution >= 4 is 11.6 Å². The Bertz CT molecular complexity index is 418. The molecule has 0 aliphatic rings. The maximum atomic E-state index is 12.0. The van der Waals surface area contributed by atoms with Crippen LogP contribution in [0.15, 0.2) is 12.3 Å². The van der Waals surface area contributed by atoms with E-state index in [0.717, 1.165) is 18.5 Å². The second kappa shape index (κ2) is 7.77. The van der Waals surface area contributed by atoms with Gasteiger partial charge in [-0.3, -0.25) is 9.78 Å². The van der Waals surface area contributed by atoms with Crippen molar-refractivity contribution in [2.45, 2.75) is 58.9 Å². The van der Waals surface area contributed by atoms with Gasteiger partial charge >= 0.3 is 0 Å². The van der Waals surface area contributed by atoms with Crippen molar-refractivity contribution in [3.63, 3.8) is 0 Å². The molecule has 106 valence electrons. The molecule has 4 nitrogen and oxygen atoms in total. The Morgan fingerprint density at radius 1 is 1.42 bits per heavy atom. The van der Waals surface area contributed by atoms with Gasteiger partial charge in [-0.2, -0.15) is 0 Å². The lowest BCUT2D eigenvalue weighted by Gasteiger charge is -2.14. The van der Waals surface area contributed by atoms with E-state index < -0.39 is 0 Å². The average molecular weight is 263 g/mol. The number of unbranched alkanes of at least 4 members (excludes halogenated alkanes) is 3. The molecule has 1 heterocycles. The number of nitrogens with zero attached hydrogens (tertiary/aromatic N) is 1. The van der Waals surface area contributed by atoms with Crippen molar-refractivity contribution in [1.82, 2.24) is 10.3 Å². The van der Waals surface area contributed by atoms with Crippen molar-refractivity contribution in [3.05, 3.63) is 23.5 Å². The van der Waals surface area contributed by atoms with E-state index in [4.69, 9.17) is 5.73 Å². The molecule has 1 unspecified atom stereocenters. The summed E-state index contributed by atoms with van der Waals surface area (Å²) in [6.45, 7) is 6.08. The Balaban J connectivity index is 2.45. The van der Waals surface area contributed by atoms with Crippen molar-refractivity contribution < 1.29 is 4.79 Å². The number of aromatic nitrogens is 1. The summed E-state index contributed by atoms with van der Waals surface area (Å²) < 4.78 is 0. The van der Waals surface area contributed by atoms with Crippen LogP contribution in [0.2, 0.25) is 0 Å². The molecule has 0 saturated carbocycles. The van der Waals surface area contributed by atoms with Crippen LogP contribution in [0.1, 0.15) is 62.0 Å². The summed E-state index contributed by atoms with van der Waals surface area (Å²) in [6.07, 6.45) is 7.42. The third-order valence-electron chi connectivity index (χ3n) is 3.19. The Labute approximate surface area is 115 Å². The molecule has 0 radical (unpaired) electrons. The minimum Gasteiger partial charge on any atom is -0.398 e. The first-order chi connectivity index (χ1) is 9.04. The highest BCUT2D eigenvalue weighted by molar-refractivity contribution is 5.98. The quantitative estimate of drug-likeness (QED) is 0.743. The topological polar surface area (TPSA) is 68.0 Å². The molecule has 0 spiro atoms. The van der Waals surface area contributed by atoms with E-state index in [1.807, 2.05) is 13.8 Å². The van der Waals surface area contributed by atoms with Gasteiger partial charge in [-0.1, -0.05) is 32.6 Å². The zero-order valence-electron chi connectivity index (χ0n) is 12.2. The summed E-state index contributed by atoms with van der Waals surface area (Å²) in [7, 11) is 0. The summed E-state index contributed by atoms with van der Waals surface area (Å²) in [5.74, 6) is -0.131. The van der Waals surface area contributed by atoms with Gasteiger partial charge in [-0.25, -0.2) is 0 Å². The van der Waals surface area contributed by atoms with E-state index in [2.05, 4.69) is 17.2 Å². The number of carbonyl (C=O) groups is 1. The highest BCUT2D eigenvalue weighted by Crippen LogP contribution is 2.12. The number of hydrogen-bond acceptors (Lipinski definition) is 3. The normalized spacial score (nSPS) is 12.2. The van der Waals surface area contributed by atoms with Crippen LogP contribution in [0.4, 0.5) is 5.69 Å². The smallest absolute Gasteiger partial charge is 0.255 e. The predicted octanol–water partition coefficient (Wildman–Crippen LogP) is 3.06. The highest BCUT2D eigenvalue weighted by Gasteiger charge is 2.12. The lowest BCUT2D eigenvalue weighted by atomic mass is 10.1. The van der Waals surface area contributed by atoms with Crippen molar-refractivity contribution in [3.8, 4) is 0 Å². The number of pyridine rings is 1.